The van der Waals surface area contributed by atoms with Crippen LogP contribution in [0.15, 0.2) is 47.4 Å². The van der Waals surface area contributed by atoms with Crippen LogP contribution in [-0.4, -0.2) is 12.8 Å². The highest BCUT2D eigenvalue weighted by atomic mass is 35.5. The highest BCUT2D eigenvalue weighted by molar-refractivity contribution is 7.99. The van der Waals surface area contributed by atoms with Crippen molar-refractivity contribution < 1.29 is 0 Å². The molecule has 0 spiro atoms. The van der Waals surface area contributed by atoms with Gasteiger partial charge in [-0.25, -0.2) is 0 Å². The lowest BCUT2D eigenvalue weighted by Crippen LogP contribution is -2.19. The summed E-state index contributed by atoms with van der Waals surface area (Å²) in [7, 11) is 1.92. The van der Waals surface area contributed by atoms with E-state index in [9.17, 15) is 0 Å². The van der Waals surface area contributed by atoms with E-state index in [1.807, 2.05) is 43.4 Å². The Morgan fingerprint density at radius 3 is 2.55 bits per heavy atom. The highest BCUT2D eigenvalue weighted by Gasteiger charge is 2.15. The van der Waals surface area contributed by atoms with E-state index in [0.717, 1.165) is 21.2 Å². The standard InChI is InChI=1S/C15H14Cl3NS/c1-19-14(12-6-3-7-13(17)15(12)18)9-20-11-5-2-4-10(16)8-11/h2-8,14,19H,9H2,1H3. The third-order valence-corrected chi connectivity index (χ3v) is 5.07. The molecule has 0 aromatic heterocycles. The van der Waals surface area contributed by atoms with Crippen LogP contribution in [0.25, 0.3) is 0 Å². The summed E-state index contributed by atoms with van der Waals surface area (Å²) in [4.78, 5) is 1.14. The van der Waals surface area contributed by atoms with Gasteiger partial charge >= 0.3 is 0 Å². The first kappa shape index (κ1) is 16.0. The number of hydrogen-bond acceptors (Lipinski definition) is 2. The molecule has 0 aliphatic carbocycles. The topological polar surface area (TPSA) is 12.0 Å². The fourth-order valence-corrected chi connectivity index (χ4v) is 3.64. The van der Waals surface area contributed by atoms with Crippen LogP contribution >= 0.6 is 46.6 Å². The highest BCUT2D eigenvalue weighted by Crippen LogP contribution is 2.33. The van der Waals surface area contributed by atoms with Crippen LogP contribution in [0.2, 0.25) is 15.1 Å². The van der Waals surface area contributed by atoms with Gasteiger partial charge in [-0.2, -0.15) is 0 Å². The number of halogens is 3. The second-order valence-corrected chi connectivity index (χ2v) is 6.57. The Labute approximate surface area is 138 Å². The Hall–Kier alpha value is -0.380. The van der Waals surface area contributed by atoms with Gasteiger partial charge in [0, 0.05) is 21.7 Å². The summed E-state index contributed by atoms with van der Waals surface area (Å²) in [6.45, 7) is 0. The normalized spacial score (nSPS) is 12.4. The van der Waals surface area contributed by atoms with Gasteiger partial charge in [0.25, 0.3) is 0 Å². The average Bonchev–Trinajstić information content (AvgIpc) is 2.44. The van der Waals surface area contributed by atoms with E-state index >= 15 is 0 Å². The van der Waals surface area contributed by atoms with E-state index in [2.05, 4.69) is 5.32 Å². The van der Waals surface area contributed by atoms with Crippen molar-refractivity contribution >= 4 is 46.6 Å². The van der Waals surface area contributed by atoms with Crippen LogP contribution in [0, 0.1) is 0 Å². The van der Waals surface area contributed by atoms with Crippen molar-refractivity contribution in [2.75, 3.05) is 12.8 Å². The van der Waals surface area contributed by atoms with E-state index in [-0.39, 0.29) is 6.04 Å². The molecule has 1 unspecified atom stereocenters. The molecule has 1 atom stereocenters. The van der Waals surface area contributed by atoms with Gasteiger partial charge in [0.15, 0.2) is 0 Å². The molecule has 0 radical (unpaired) electrons. The summed E-state index contributed by atoms with van der Waals surface area (Å²) in [6.07, 6.45) is 0. The zero-order valence-electron chi connectivity index (χ0n) is 10.9. The second kappa shape index (κ2) is 7.58. The molecular weight excluding hydrogens is 333 g/mol. The number of nitrogens with one attached hydrogen (secondary N) is 1. The first-order chi connectivity index (χ1) is 9.61. The first-order valence-electron chi connectivity index (χ1n) is 6.11. The minimum absolute atomic E-state index is 0.130. The lowest BCUT2D eigenvalue weighted by atomic mass is 10.1. The number of benzene rings is 2. The van der Waals surface area contributed by atoms with Gasteiger partial charge in [0.05, 0.1) is 10.0 Å². The van der Waals surface area contributed by atoms with Crippen molar-refractivity contribution in [3.8, 4) is 0 Å². The number of rotatable bonds is 5. The monoisotopic (exact) mass is 345 g/mol. The van der Waals surface area contributed by atoms with E-state index in [4.69, 9.17) is 34.8 Å². The predicted octanol–water partition coefficient (Wildman–Crippen LogP) is 5.70. The first-order valence-corrected chi connectivity index (χ1v) is 8.23. The summed E-state index contributed by atoms with van der Waals surface area (Å²) >= 11 is 20.1. The Kier molecular flexibility index (Phi) is 6.06. The Morgan fingerprint density at radius 2 is 1.85 bits per heavy atom. The Bertz CT molecular complexity index is 589. The molecule has 2 rings (SSSR count). The largest absolute Gasteiger partial charge is 0.312 e. The van der Waals surface area contributed by atoms with Crippen LogP contribution in [0.3, 0.4) is 0 Å². The maximum absolute atomic E-state index is 6.27. The van der Waals surface area contributed by atoms with Crippen LogP contribution in [0.4, 0.5) is 0 Å². The molecule has 0 fully saturated rings. The van der Waals surface area contributed by atoms with Crippen LogP contribution < -0.4 is 5.32 Å². The maximum atomic E-state index is 6.27. The molecule has 0 amide bonds. The molecule has 0 aliphatic heterocycles. The van der Waals surface area contributed by atoms with Gasteiger partial charge in [-0.1, -0.05) is 53.0 Å². The molecular formula is C15H14Cl3NS. The molecule has 0 aliphatic rings. The van der Waals surface area contributed by atoms with Crippen molar-refractivity contribution in [2.24, 2.45) is 0 Å². The maximum Gasteiger partial charge on any atom is 0.0640 e. The predicted molar refractivity (Wildman–Crippen MR) is 90.4 cm³/mol. The molecule has 1 N–H and O–H groups in total. The van der Waals surface area contributed by atoms with Crippen molar-refractivity contribution in [2.45, 2.75) is 10.9 Å². The molecule has 0 saturated carbocycles. The van der Waals surface area contributed by atoms with Gasteiger partial charge in [0.2, 0.25) is 0 Å². The average molecular weight is 347 g/mol. The third-order valence-electron chi connectivity index (χ3n) is 2.92. The zero-order valence-corrected chi connectivity index (χ0v) is 14.0. The minimum atomic E-state index is 0.130. The summed E-state index contributed by atoms with van der Waals surface area (Å²) in [5.74, 6) is 0.844. The molecule has 1 nitrogen and oxygen atoms in total. The van der Waals surface area contributed by atoms with Crippen molar-refractivity contribution in [1.29, 1.82) is 0 Å². The molecule has 0 heterocycles. The van der Waals surface area contributed by atoms with E-state index < -0.39 is 0 Å². The quantitative estimate of drug-likeness (QED) is 0.697. The van der Waals surface area contributed by atoms with Crippen molar-refractivity contribution in [1.82, 2.24) is 5.32 Å². The van der Waals surface area contributed by atoms with Crippen LogP contribution in [0.1, 0.15) is 11.6 Å². The lowest BCUT2D eigenvalue weighted by Gasteiger charge is -2.18. The van der Waals surface area contributed by atoms with Gasteiger partial charge in [-0.15, -0.1) is 11.8 Å². The molecule has 2 aromatic rings. The second-order valence-electron chi connectivity index (χ2n) is 4.25. The van der Waals surface area contributed by atoms with E-state index in [1.54, 1.807) is 17.8 Å². The Morgan fingerprint density at radius 1 is 1.10 bits per heavy atom. The Balaban J connectivity index is 2.11. The van der Waals surface area contributed by atoms with E-state index in [1.165, 1.54) is 0 Å². The molecule has 2 aromatic carbocycles. The van der Waals surface area contributed by atoms with Crippen molar-refractivity contribution in [3.63, 3.8) is 0 Å². The van der Waals surface area contributed by atoms with Crippen molar-refractivity contribution in [3.05, 3.63) is 63.1 Å². The van der Waals surface area contributed by atoms with Gasteiger partial charge in [-0.05, 0) is 36.9 Å². The van der Waals surface area contributed by atoms with Crippen LogP contribution in [0.5, 0.6) is 0 Å². The fraction of sp³-hybridized carbons (Fsp3) is 0.200. The van der Waals surface area contributed by atoms with Gasteiger partial charge < -0.3 is 5.32 Å². The van der Waals surface area contributed by atoms with E-state index in [0.29, 0.717) is 10.0 Å². The molecule has 106 valence electrons. The van der Waals surface area contributed by atoms with Gasteiger partial charge in [0.1, 0.15) is 0 Å². The molecule has 5 heteroatoms. The molecule has 20 heavy (non-hydrogen) atoms. The minimum Gasteiger partial charge on any atom is -0.312 e. The summed E-state index contributed by atoms with van der Waals surface area (Å²) in [6, 6.07) is 13.7. The zero-order chi connectivity index (χ0) is 14.5. The van der Waals surface area contributed by atoms with Gasteiger partial charge in [-0.3, -0.25) is 0 Å². The third kappa shape index (κ3) is 4.06. The SMILES string of the molecule is CNC(CSc1cccc(Cl)c1)c1cccc(Cl)c1Cl. The summed E-state index contributed by atoms with van der Waals surface area (Å²) in [5.41, 5.74) is 1.01. The van der Waals surface area contributed by atoms with Crippen LogP contribution in [-0.2, 0) is 0 Å². The smallest absolute Gasteiger partial charge is 0.0640 e. The molecule has 0 saturated heterocycles. The molecule has 0 bridgehead atoms. The fourth-order valence-electron chi connectivity index (χ4n) is 1.85. The summed E-state index contributed by atoms with van der Waals surface area (Å²) < 4.78 is 0. The summed E-state index contributed by atoms with van der Waals surface area (Å²) in [5, 5.41) is 5.21. The number of thioether (sulfide) groups is 1. The number of hydrogen-bond donors (Lipinski definition) is 1. The lowest BCUT2D eigenvalue weighted by molar-refractivity contribution is 0.662.